The highest BCUT2D eigenvalue weighted by atomic mass is 32.2. The zero-order chi connectivity index (χ0) is 27.7. The smallest absolute Gasteiger partial charge is 0.299 e. The number of benzene rings is 2. The van der Waals surface area contributed by atoms with Gasteiger partial charge >= 0.3 is 0 Å². The molecule has 0 spiro atoms. The zero-order valence-electron chi connectivity index (χ0n) is 20.7. The lowest BCUT2D eigenvalue weighted by atomic mass is 10.2. The number of hydrogen-bond donors (Lipinski definition) is 2. The Morgan fingerprint density at radius 1 is 1.11 bits per heavy atom. The van der Waals surface area contributed by atoms with Crippen LogP contribution >= 0.6 is 23.1 Å². The molecule has 0 bridgehead atoms. The molecular formula is C24H25N4O6S4+. The summed E-state index contributed by atoms with van der Waals surface area (Å²) >= 11 is 2.91. The first-order valence-corrected chi connectivity index (χ1v) is 16.5. The number of hydrogen-bond acceptors (Lipinski definition) is 8. The van der Waals surface area contributed by atoms with Gasteiger partial charge in [-0.2, -0.15) is 4.57 Å². The number of aromatic nitrogens is 1. The number of sulfonamides is 1. The van der Waals surface area contributed by atoms with Crippen LogP contribution in [0, 0.1) is 0 Å². The van der Waals surface area contributed by atoms with Gasteiger partial charge in [0.2, 0.25) is 22.1 Å². The lowest BCUT2D eigenvalue weighted by molar-refractivity contribution is -0.655. The monoisotopic (exact) mass is 593 g/mol. The summed E-state index contributed by atoms with van der Waals surface area (Å²) in [6, 6.07) is 15.0. The summed E-state index contributed by atoms with van der Waals surface area (Å²) in [7, 11) is -7.27. The van der Waals surface area contributed by atoms with Crippen molar-refractivity contribution >= 4 is 76.9 Å². The van der Waals surface area contributed by atoms with Crippen LogP contribution < -0.4 is 14.2 Å². The molecule has 2 heterocycles. The molecule has 0 saturated carbocycles. The Bertz CT molecular complexity index is 1730. The van der Waals surface area contributed by atoms with Crippen molar-refractivity contribution in [1.29, 1.82) is 0 Å². The molecule has 1 unspecified atom stereocenters. The van der Waals surface area contributed by atoms with Crippen LogP contribution in [0.5, 0.6) is 0 Å². The third-order valence-corrected chi connectivity index (χ3v) is 8.51. The van der Waals surface area contributed by atoms with Crippen molar-refractivity contribution in [2.24, 2.45) is 4.36 Å². The molecule has 2 aromatic carbocycles. The van der Waals surface area contributed by atoms with Gasteiger partial charge in [-0.25, -0.2) is 17.3 Å². The van der Waals surface area contributed by atoms with Crippen molar-refractivity contribution in [3.05, 3.63) is 70.2 Å². The quantitative estimate of drug-likeness (QED) is 0.399. The number of thiazole rings is 1. The number of fused-ring (bicyclic) bond motifs is 2. The molecular weight excluding hydrogens is 569 g/mol. The molecule has 10 nitrogen and oxygen atoms in total. The van der Waals surface area contributed by atoms with Crippen molar-refractivity contribution in [2.45, 2.75) is 18.4 Å². The zero-order valence-corrected chi connectivity index (χ0v) is 23.9. The molecule has 0 aliphatic carbocycles. The van der Waals surface area contributed by atoms with E-state index in [9.17, 15) is 26.8 Å². The molecule has 2 N–H and O–H groups in total. The second kappa shape index (κ2) is 11.0. The van der Waals surface area contributed by atoms with E-state index in [-0.39, 0.29) is 13.1 Å². The van der Waals surface area contributed by atoms with Crippen LogP contribution in [0.25, 0.3) is 16.3 Å². The SMILES string of the molecule is CC(=Cc1sc2ccccc2[n+]1CC(=O)NS(C)(=O)=O)C=C1Sc2ccccc2N1CC(=O)N=S(C)(=O)O. The second-order valence-corrected chi connectivity index (χ2v) is 14.1. The molecule has 1 aliphatic rings. The third-order valence-electron chi connectivity index (χ3n) is 5.14. The van der Waals surface area contributed by atoms with Gasteiger partial charge in [-0.15, -0.1) is 4.36 Å². The molecule has 4 rings (SSSR count). The molecule has 2 amide bonds. The maximum absolute atomic E-state index is 12.4. The average Bonchev–Trinajstić information content (AvgIpc) is 3.29. The maximum atomic E-state index is 12.4. The molecule has 1 atom stereocenters. The Balaban J connectivity index is 1.71. The van der Waals surface area contributed by atoms with Crippen LogP contribution in [0.2, 0.25) is 0 Å². The highest BCUT2D eigenvalue weighted by Gasteiger charge is 2.27. The molecule has 200 valence electrons. The van der Waals surface area contributed by atoms with Crippen molar-refractivity contribution in [3.8, 4) is 0 Å². The molecule has 14 heteroatoms. The Morgan fingerprint density at radius 2 is 1.79 bits per heavy atom. The highest BCUT2D eigenvalue weighted by Crippen LogP contribution is 2.46. The second-order valence-electron chi connectivity index (χ2n) is 8.57. The lowest BCUT2D eigenvalue weighted by Gasteiger charge is -2.18. The fourth-order valence-corrected chi connectivity index (χ4v) is 7.07. The van der Waals surface area contributed by atoms with Crippen LogP contribution in [0.1, 0.15) is 11.9 Å². The first-order valence-electron chi connectivity index (χ1n) is 11.1. The van der Waals surface area contributed by atoms with Crippen molar-refractivity contribution < 1.29 is 31.3 Å². The van der Waals surface area contributed by atoms with Crippen molar-refractivity contribution in [1.82, 2.24) is 4.72 Å². The minimum absolute atomic E-state index is 0.188. The number of para-hydroxylation sites is 2. The normalized spacial score (nSPS) is 16.4. The number of thioether (sulfide) groups is 1. The predicted molar refractivity (Wildman–Crippen MR) is 151 cm³/mol. The molecule has 38 heavy (non-hydrogen) atoms. The summed E-state index contributed by atoms with van der Waals surface area (Å²) < 4.78 is 52.2. The minimum atomic E-state index is -3.70. The number of carbonyl (C=O) groups excluding carboxylic acids is 2. The predicted octanol–water partition coefficient (Wildman–Crippen LogP) is 3.22. The Hall–Kier alpha value is -3.04. The lowest BCUT2D eigenvalue weighted by Crippen LogP contribution is -2.45. The number of anilines is 1. The van der Waals surface area contributed by atoms with E-state index in [2.05, 4.69) is 4.36 Å². The molecule has 0 saturated heterocycles. The van der Waals surface area contributed by atoms with Gasteiger partial charge in [-0.3, -0.25) is 9.59 Å². The minimum Gasteiger partial charge on any atom is -0.325 e. The van der Waals surface area contributed by atoms with Crippen LogP contribution in [0.4, 0.5) is 5.69 Å². The Morgan fingerprint density at radius 3 is 2.50 bits per heavy atom. The van der Waals surface area contributed by atoms with E-state index >= 15 is 0 Å². The van der Waals surface area contributed by atoms with Gasteiger partial charge in [-0.05, 0) is 36.8 Å². The van der Waals surface area contributed by atoms with E-state index in [1.807, 2.05) is 72.3 Å². The molecule has 3 aromatic rings. The summed E-state index contributed by atoms with van der Waals surface area (Å²) in [6.07, 6.45) is 5.67. The first kappa shape index (κ1) is 28.0. The van der Waals surface area contributed by atoms with Gasteiger partial charge in [0, 0.05) is 23.3 Å². The number of carbonyl (C=O) groups is 2. The van der Waals surface area contributed by atoms with Crippen LogP contribution in [0.15, 0.2) is 74.5 Å². The van der Waals surface area contributed by atoms with Gasteiger partial charge in [0.1, 0.15) is 11.2 Å². The summed E-state index contributed by atoms with van der Waals surface area (Å²) in [5, 5.41) is 1.46. The van der Waals surface area contributed by atoms with Crippen molar-refractivity contribution in [2.75, 3.05) is 24.0 Å². The molecule has 1 aromatic heterocycles. The number of amides is 2. The Labute approximate surface area is 229 Å². The fraction of sp³-hybridized carbons (Fsp3) is 0.208. The van der Waals surface area contributed by atoms with Crippen LogP contribution in [-0.2, 0) is 36.2 Å². The summed E-state index contributed by atoms with van der Waals surface area (Å²) in [5.74, 6) is -1.37. The van der Waals surface area contributed by atoms with Gasteiger partial charge < -0.3 is 9.45 Å². The Kier molecular flexibility index (Phi) is 8.09. The van der Waals surface area contributed by atoms with E-state index in [1.54, 1.807) is 9.47 Å². The van der Waals surface area contributed by atoms with Crippen LogP contribution in [-0.4, -0.2) is 48.1 Å². The van der Waals surface area contributed by atoms with Gasteiger partial charge in [0.15, 0.2) is 10.0 Å². The van der Waals surface area contributed by atoms with Crippen molar-refractivity contribution in [3.63, 3.8) is 0 Å². The van der Waals surface area contributed by atoms with E-state index in [1.165, 1.54) is 23.1 Å². The number of nitrogens with zero attached hydrogens (tertiary/aromatic N) is 3. The van der Waals surface area contributed by atoms with E-state index in [4.69, 9.17) is 0 Å². The fourth-order valence-electron chi connectivity index (χ4n) is 3.81. The number of rotatable bonds is 7. The summed E-state index contributed by atoms with van der Waals surface area (Å²) in [5.41, 5.74) is 2.38. The highest BCUT2D eigenvalue weighted by molar-refractivity contribution is 8.03. The summed E-state index contributed by atoms with van der Waals surface area (Å²) in [6.45, 7) is 1.48. The number of nitrogens with one attached hydrogen (secondary N) is 1. The van der Waals surface area contributed by atoms with E-state index < -0.39 is 31.8 Å². The topological polar surface area (TPSA) is 137 Å². The van der Waals surface area contributed by atoms with Gasteiger partial charge in [-0.1, -0.05) is 47.4 Å². The third kappa shape index (κ3) is 7.08. The standard InChI is InChI=1S/C24H24N4O6S4/c1-16(12-23-27(14-21(29)25-37(2,31)32)17-8-4-6-10-19(17)35-23)13-24-28(15-22(30)26-38(3,33)34)18-9-5-7-11-20(18)36-24/h4-13H,14-15H2,1-3H3,(H-,25,26,29,30,31,32)/p+1. The molecule has 1 aliphatic heterocycles. The molecule has 0 fully saturated rings. The van der Waals surface area contributed by atoms with E-state index in [0.29, 0.717) is 0 Å². The van der Waals surface area contributed by atoms with Gasteiger partial charge in [0.25, 0.3) is 16.8 Å². The number of allylic oxidation sites excluding steroid dienone is 2. The summed E-state index contributed by atoms with van der Waals surface area (Å²) in [4.78, 5) is 27.5. The van der Waals surface area contributed by atoms with E-state index in [0.717, 1.165) is 48.9 Å². The average molecular weight is 594 g/mol. The van der Waals surface area contributed by atoms with Crippen LogP contribution in [0.3, 0.4) is 0 Å². The first-order chi connectivity index (χ1) is 17.8. The van der Waals surface area contributed by atoms with Gasteiger partial charge in [0.05, 0.1) is 17.0 Å². The largest absolute Gasteiger partial charge is 0.325 e. The maximum Gasteiger partial charge on any atom is 0.299 e. The molecule has 0 radical (unpaired) electrons.